The molecule has 0 aliphatic rings. The summed E-state index contributed by atoms with van der Waals surface area (Å²) in [4.78, 5) is 15.9. The van der Waals surface area contributed by atoms with Crippen LogP contribution in [0, 0.1) is 12.1 Å². The van der Waals surface area contributed by atoms with Crippen molar-refractivity contribution in [3.05, 3.63) is 138 Å². The average Bonchev–Trinajstić information content (AvgIpc) is 3.70. The molecule has 9 nitrogen and oxygen atoms in total. The van der Waals surface area contributed by atoms with Crippen LogP contribution in [-0.4, -0.2) is 40.9 Å². The number of carboxylic acid groups (broad SMARTS) is 1. The Bertz CT molecular complexity index is 1940. The Hall–Kier alpha value is -5.47. The number of carboxylic acids is 1. The van der Waals surface area contributed by atoms with E-state index in [2.05, 4.69) is 37.5 Å². The molecule has 0 amide bonds. The van der Waals surface area contributed by atoms with E-state index in [1.54, 1.807) is 60.7 Å². The molecular weight excluding hydrogens is 821 g/mol. The van der Waals surface area contributed by atoms with Crippen molar-refractivity contribution in [2.24, 2.45) is 0 Å². The Morgan fingerprint density at radius 1 is 0.604 bits per heavy atom. The number of nitrogens with zero attached hydrogens (tertiary/aromatic N) is 7. The van der Waals surface area contributed by atoms with Gasteiger partial charge in [0.15, 0.2) is 0 Å². The van der Waals surface area contributed by atoms with Gasteiger partial charge in [0.2, 0.25) is 0 Å². The van der Waals surface area contributed by atoms with Crippen LogP contribution in [0.5, 0.6) is 0 Å². The van der Waals surface area contributed by atoms with Crippen LogP contribution < -0.4 is 5.11 Å². The molecule has 0 unspecified atom stereocenters. The van der Waals surface area contributed by atoms with E-state index < -0.39 is 29.4 Å². The number of carbonyl (C=O) groups excluding carboxylic acids is 1. The minimum Gasteiger partial charge on any atom is -0.543 e. The molecule has 0 spiro atoms. The Labute approximate surface area is 280 Å². The number of halogens is 6. The largest absolute Gasteiger partial charge is 3.00 e. The van der Waals surface area contributed by atoms with E-state index in [1.165, 1.54) is 34.0 Å². The summed E-state index contributed by atoms with van der Waals surface area (Å²) in [6.07, 6.45) is -7.40. The SMILES string of the molecule is FC(F)(F)c1c[c-]cc(-n2nc3ccccc3n2)c1.FC(F)(F)c1c[c-]cc(-n2nc3ccccc3n2)c1.O=C([O-])c1ccccn1.[Ir+3]. The quantitative estimate of drug-likeness (QED) is 0.160. The van der Waals surface area contributed by atoms with Gasteiger partial charge in [0.25, 0.3) is 0 Å². The molecule has 0 radical (unpaired) electrons. The number of aromatic carboxylic acids is 1. The van der Waals surface area contributed by atoms with Crippen molar-refractivity contribution in [1.29, 1.82) is 0 Å². The predicted molar refractivity (Wildman–Crippen MR) is 154 cm³/mol. The van der Waals surface area contributed by atoms with E-state index in [9.17, 15) is 36.2 Å². The van der Waals surface area contributed by atoms with Gasteiger partial charge in [-0.3, -0.25) is 4.98 Å². The standard InChI is InChI=1S/2C13H7F3N3.C6H5NO2.Ir/c2*14-13(15,16)9-4-3-5-10(8-9)19-17-11-6-1-2-7-12(11)18-19;8-6(9)5-3-1-2-4-7-5;/h2*1-2,4-8H;1-4H,(H,8,9);/q2*-1;;+3/p-1. The summed E-state index contributed by atoms with van der Waals surface area (Å²) in [5.41, 5.74) is 1.38. The molecule has 0 fully saturated rings. The number of alkyl halides is 6. The number of hydrogen-bond donors (Lipinski definition) is 0. The molecule has 0 saturated carbocycles. The number of carbonyl (C=O) groups is 1. The molecule has 3 heterocycles. The Morgan fingerprint density at radius 2 is 0.979 bits per heavy atom. The summed E-state index contributed by atoms with van der Waals surface area (Å²) >= 11 is 0. The molecule has 0 atom stereocenters. The summed E-state index contributed by atoms with van der Waals surface area (Å²) < 4.78 is 75.7. The maximum Gasteiger partial charge on any atom is 3.00 e. The van der Waals surface area contributed by atoms with E-state index in [0.717, 1.165) is 24.3 Å². The molecule has 0 N–H and O–H groups in total. The zero-order chi connectivity index (χ0) is 33.6. The van der Waals surface area contributed by atoms with Gasteiger partial charge in [0.1, 0.15) is 22.1 Å². The van der Waals surface area contributed by atoms with Crippen LogP contribution in [0.2, 0.25) is 0 Å². The second-order valence-electron chi connectivity index (χ2n) is 9.41. The van der Waals surface area contributed by atoms with Crippen LogP contribution in [-0.2, 0) is 32.5 Å². The van der Waals surface area contributed by atoms with E-state index in [-0.39, 0.29) is 37.2 Å². The third-order valence-corrected chi connectivity index (χ3v) is 6.11. The molecule has 48 heavy (non-hydrogen) atoms. The van der Waals surface area contributed by atoms with Crippen LogP contribution in [0.4, 0.5) is 26.3 Å². The topological polar surface area (TPSA) is 114 Å². The first-order valence-electron chi connectivity index (χ1n) is 13.3. The number of fused-ring (bicyclic) bond motifs is 2. The zero-order valence-electron chi connectivity index (χ0n) is 23.9. The van der Waals surface area contributed by atoms with E-state index >= 15 is 0 Å². The number of aromatic nitrogens is 7. The van der Waals surface area contributed by atoms with E-state index in [1.807, 2.05) is 0 Å². The van der Waals surface area contributed by atoms with Crippen molar-refractivity contribution < 1.29 is 56.3 Å². The summed E-state index contributed by atoms with van der Waals surface area (Å²) in [7, 11) is 0. The second kappa shape index (κ2) is 15.0. The fourth-order valence-electron chi connectivity index (χ4n) is 3.91. The maximum absolute atomic E-state index is 12.6. The maximum atomic E-state index is 12.6. The molecule has 7 aromatic rings. The van der Waals surface area contributed by atoms with Gasteiger partial charge in [-0.25, -0.2) is 9.59 Å². The first-order valence-corrected chi connectivity index (χ1v) is 13.3. The number of rotatable bonds is 3. The first-order chi connectivity index (χ1) is 22.4. The molecule has 0 aliphatic heterocycles. The molecule has 7 rings (SSSR count). The summed E-state index contributed by atoms with van der Waals surface area (Å²) in [5, 5.41) is 26.5. The molecule has 244 valence electrons. The predicted octanol–water partition coefficient (Wildman–Crippen LogP) is 5.92. The molecule has 0 saturated heterocycles. The average molecular weight is 839 g/mol. The van der Waals surface area contributed by atoms with Gasteiger partial charge in [-0.2, -0.15) is 83.1 Å². The van der Waals surface area contributed by atoms with Crippen LogP contribution in [0.25, 0.3) is 33.4 Å². The third kappa shape index (κ3) is 8.86. The minimum atomic E-state index is -4.40. The number of benzene rings is 4. The van der Waals surface area contributed by atoms with Crippen molar-refractivity contribution >= 4 is 28.0 Å². The summed E-state index contributed by atoms with van der Waals surface area (Å²) in [6, 6.07) is 30.3. The Kier molecular flexibility index (Phi) is 11.0. The molecule has 4 aromatic carbocycles. The smallest absolute Gasteiger partial charge is 0.543 e. The Morgan fingerprint density at radius 3 is 1.27 bits per heavy atom. The van der Waals surface area contributed by atoms with Crippen LogP contribution in [0.15, 0.2) is 109 Å². The van der Waals surface area contributed by atoms with Crippen molar-refractivity contribution in [2.75, 3.05) is 0 Å². The van der Waals surface area contributed by atoms with Gasteiger partial charge in [0.05, 0.1) is 11.7 Å². The van der Waals surface area contributed by atoms with Crippen molar-refractivity contribution in [1.82, 2.24) is 35.0 Å². The number of pyridine rings is 1. The minimum absolute atomic E-state index is 0. The van der Waals surface area contributed by atoms with Gasteiger partial charge in [-0.15, -0.1) is 12.1 Å². The van der Waals surface area contributed by atoms with Crippen molar-refractivity contribution in [3.63, 3.8) is 0 Å². The third-order valence-electron chi connectivity index (χ3n) is 6.11. The monoisotopic (exact) mass is 839 g/mol. The normalized spacial score (nSPS) is 11.1. The van der Waals surface area contributed by atoms with Crippen LogP contribution >= 0.6 is 0 Å². The van der Waals surface area contributed by atoms with Crippen LogP contribution in [0.3, 0.4) is 0 Å². The van der Waals surface area contributed by atoms with Crippen LogP contribution in [0.1, 0.15) is 21.6 Å². The van der Waals surface area contributed by atoms with Gasteiger partial charge < -0.3 is 9.90 Å². The molecule has 0 aliphatic carbocycles. The van der Waals surface area contributed by atoms with Gasteiger partial charge in [0, 0.05) is 6.20 Å². The van der Waals surface area contributed by atoms with Gasteiger partial charge in [-0.05, 0) is 47.8 Å². The fourth-order valence-corrected chi connectivity index (χ4v) is 3.91. The van der Waals surface area contributed by atoms with Gasteiger partial charge >= 0.3 is 32.5 Å². The Balaban J connectivity index is 0.000000171. The summed E-state index contributed by atoms with van der Waals surface area (Å²) in [5.74, 6) is -1.24. The molecular formula is C32H18F6IrN7O2. The molecule has 3 aromatic heterocycles. The van der Waals surface area contributed by atoms with Crippen molar-refractivity contribution in [3.8, 4) is 11.4 Å². The fraction of sp³-hybridized carbons (Fsp3) is 0.0625. The first kappa shape index (κ1) is 35.4. The molecule has 0 bridgehead atoms. The van der Waals surface area contributed by atoms with Gasteiger partial charge in [-0.1, -0.05) is 41.5 Å². The number of hydrogen-bond acceptors (Lipinski definition) is 7. The molecule has 16 heteroatoms. The summed E-state index contributed by atoms with van der Waals surface area (Å²) in [6.45, 7) is 0. The second-order valence-corrected chi connectivity index (χ2v) is 9.41. The van der Waals surface area contributed by atoms with E-state index in [0.29, 0.717) is 22.1 Å². The zero-order valence-corrected chi connectivity index (χ0v) is 26.3. The van der Waals surface area contributed by atoms with Crippen molar-refractivity contribution in [2.45, 2.75) is 12.4 Å². The van der Waals surface area contributed by atoms with E-state index in [4.69, 9.17) is 0 Å².